The highest BCUT2D eigenvalue weighted by atomic mass is 32.2. The molecule has 152 valence electrons. The van der Waals surface area contributed by atoms with Gasteiger partial charge in [0.25, 0.3) is 5.69 Å². The van der Waals surface area contributed by atoms with E-state index in [0.29, 0.717) is 30.4 Å². The lowest BCUT2D eigenvalue weighted by Gasteiger charge is -2.21. The van der Waals surface area contributed by atoms with Crippen molar-refractivity contribution in [1.29, 1.82) is 0 Å². The first-order chi connectivity index (χ1) is 13.9. The molecule has 2 aromatic rings. The number of primary amides is 1. The highest BCUT2D eigenvalue weighted by Gasteiger charge is 2.20. The molecule has 2 amide bonds. The number of anilines is 1. The summed E-state index contributed by atoms with van der Waals surface area (Å²) in [5, 5.41) is 14.1. The molecule has 0 radical (unpaired) electrons. The Morgan fingerprint density at radius 3 is 2.48 bits per heavy atom. The maximum Gasteiger partial charge on any atom is 0.283 e. The second-order valence-corrected chi connectivity index (χ2v) is 7.70. The molecule has 0 unspecified atom stereocenters. The van der Waals surface area contributed by atoms with Gasteiger partial charge in [0.1, 0.15) is 13.2 Å². The quantitative estimate of drug-likeness (QED) is 0.385. The largest absolute Gasteiger partial charge is 0.486 e. The predicted octanol–water partition coefficient (Wildman–Crippen LogP) is 2.92. The van der Waals surface area contributed by atoms with Gasteiger partial charge in [-0.15, -0.1) is 23.5 Å². The van der Waals surface area contributed by atoms with E-state index >= 15 is 0 Å². The summed E-state index contributed by atoms with van der Waals surface area (Å²) in [6.45, 7) is 0.899. The Labute approximate surface area is 174 Å². The van der Waals surface area contributed by atoms with Crippen molar-refractivity contribution in [1.82, 2.24) is 0 Å². The number of nitrogens with two attached hydrogens (primary N) is 1. The summed E-state index contributed by atoms with van der Waals surface area (Å²) >= 11 is 2.44. The van der Waals surface area contributed by atoms with Gasteiger partial charge in [-0.3, -0.25) is 19.7 Å². The van der Waals surface area contributed by atoms with E-state index < -0.39 is 10.8 Å². The molecular weight excluding hydrogens is 418 g/mol. The van der Waals surface area contributed by atoms with Gasteiger partial charge < -0.3 is 20.5 Å². The van der Waals surface area contributed by atoms with Crippen LogP contribution >= 0.6 is 23.5 Å². The Morgan fingerprint density at radius 1 is 1.17 bits per heavy atom. The van der Waals surface area contributed by atoms with Gasteiger partial charge in [0, 0.05) is 22.6 Å². The number of nitro groups is 1. The monoisotopic (exact) mass is 435 g/mol. The number of amides is 2. The number of nitrogens with one attached hydrogen (secondary N) is 1. The fourth-order valence-corrected chi connectivity index (χ4v) is 3.96. The zero-order valence-electron chi connectivity index (χ0n) is 15.3. The topological polar surface area (TPSA) is 134 Å². The van der Waals surface area contributed by atoms with E-state index in [9.17, 15) is 19.7 Å². The van der Waals surface area contributed by atoms with Crippen LogP contribution in [0.25, 0.3) is 0 Å². The molecule has 11 heteroatoms. The molecule has 0 spiro atoms. The van der Waals surface area contributed by atoms with Crippen LogP contribution in [0, 0.1) is 10.1 Å². The van der Waals surface area contributed by atoms with Crippen molar-refractivity contribution in [3.05, 3.63) is 46.0 Å². The van der Waals surface area contributed by atoms with Gasteiger partial charge in [0.05, 0.1) is 21.3 Å². The third-order valence-corrected chi connectivity index (χ3v) is 5.78. The molecule has 0 saturated carbocycles. The maximum absolute atomic E-state index is 12.4. The Morgan fingerprint density at radius 2 is 1.86 bits per heavy atom. The van der Waals surface area contributed by atoms with Crippen molar-refractivity contribution in [3.8, 4) is 11.5 Å². The van der Waals surface area contributed by atoms with Crippen molar-refractivity contribution < 1.29 is 24.0 Å². The van der Waals surface area contributed by atoms with E-state index in [1.807, 2.05) is 6.26 Å². The molecule has 1 aliphatic heterocycles. The highest BCUT2D eigenvalue weighted by Crippen LogP contribution is 2.39. The van der Waals surface area contributed by atoms with Crippen LogP contribution in [-0.2, 0) is 4.79 Å². The lowest BCUT2D eigenvalue weighted by Crippen LogP contribution is -2.18. The molecule has 0 aliphatic carbocycles. The molecular formula is C18H17N3O6S2. The SMILES string of the molecule is CSc1cc2c(cc1NC(=O)CSc1ccc(C(N)=O)cc1[N+](=O)[O-])OCCO2. The summed E-state index contributed by atoms with van der Waals surface area (Å²) in [4.78, 5) is 35.4. The second kappa shape index (κ2) is 9.05. The van der Waals surface area contributed by atoms with Gasteiger partial charge in [-0.05, 0) is 24.5 Å². The summed E-state index contributed by atoms with van der Waals surface area (Å²) in [6.07, 6.45) is 1.87. The third-order valence-electron chi connectivity index (χ3n) is 3.94. The number of carbonyl (C=O) groups excluding carboxylic acids is 2. The molecule has 0 aromatic heterocycles. The Balaban J connectivity index is 1.72. The summed E-state index contributed by atoms with van der Waals surface area (Å²) < 4.78 is 11.1. The fraction of sp³-hybridized carbons (Fsp3) is 0.222. The zero-order chi connectivity index (χ0) is 21.0. The van der Waals surface area contributed by atoms with Crippen molar-refractivity contribution in [2.24, 2.45) is 5.73 Å². The molecule has 0 atom stereocenters. The number of carbonyl (C=O) groups is 2. The molecule has 1 aliphatic rings. The van der Waals surface area contributed by atoms with Gasteiger partial charge in [0.15, 0.2) is 11.5 Å². The molecule has 9 nitrogen and oxygen atoms in total. The molecule has 0 bridgehead atoms. The van der Waals surface area contributed by atoms with E-state index in [4.69, 9.17) is 15.2 Å². The Bertz CT molecular complexity index is 982. The van der Waals surface area contributed by atoms with Crippen LogP contribution in [0.15, 0.2) is 40.1 Å². The minimum Gasteiger partial charge on any atom is -0.486 e. The van der Waals surface area contributed by atoms with Crippen LogP contribution in [0.3, 0.4) is 0 Å². The van der Waals surface area contributed by atoms with Crippen molar-refractivity contribution in [3.63, 3.8) is 0 Å². The Hall–Kier alpha value is -2.92. The zero-order valence-corrected chi connectivity index (χ0v) is 16.9. The normalized spacial score (nSPS) is 12.3. The second-order valence-electron chi connectivity index (χ2n) is 5.84. The van der Waals surface area contributed by atoms with E-state index in [1.54, 1.807) is 12.1 Å². The maximum atomic E-state index is 12.4. The lowest BCUT2D eigenvalue weighted by atomic mass is 10.2. The fourth-order valence-electron chi connectivity index (χ4n) is 2.60. The summed E-state index contributed by atoms with van der Waals surface area (Å²) in [7, 11) is 0. The van der Waals surface area contributed by atoms with E-state index in [2.05, 4.69) is 5.32 Å². The van der Waals surface area contributed by atoms with Gasteiger partial charge in [0.2, 0.25) is 11.8 Å². The van der Waals surface area contributed by atoms with Gasteiger partial charge >= 0.3 is 0 Å². The molecule has 0 saturated heterocycles. The summed E-state index contributed by atoms with van der Waals surface area (Å²) in [5.74, 6) is 0.0209. The van der Waals surface area contributed by atoms with Crippen LogP contribution in [-0.4, -0.2) is 42.0 Å². The minimum absolute atomic E-state index is 0.0337. The van der Waals surface area contributed by atoms with Gasteiger partial charge in [-0.2, -0.15) is 0 Å². The van der Waals surface area contributed by atoms with E-state index in [-0.39, 0.29) is 27.8 Å². The number of nitrogens with zero attached hydrogens (tertiary/aromatic N) is 1. The first kappa shape index (κ1) is 20.8. The number of rotatable bonds is 7. The number of hydrogen-bond acceptors (Lipinski definition) is 8. The number of nitro benzene ring substituents is 1. The molecule has 0 fully saturated rings. The van der Waals surface area contributed by atoms with Crippen LogP contribution in [0.5, 0.6) is 11.5 Å². The average molecular weight is 435 g/mol. The molecule has 29 heavy (non-hydrogen) atoms. The molecule has 2 aromatic carbocycles. The minimum atomic E-state index is -0.759. The van der Waals surface area contributed by atoms with Gasteiger partial charge in [-0.25, -0.2) is 0 Å². The smallest absolute Gasteiger partial charge is 0.283 e. The predicted molar refractivity (Wildman–Crippen MR) is 110 cm³/mol. The first-order valence-electron chi connectivity index (χ1n) is 8.37. The van der Waals surface area contributed by atoms with Crippen molar-refractivity contribution >= 4 is 46.7 Å². The van der Waals surface area contributed by atoms with Crippen LogP contribution < -0.4 is 20.5 Å². The number of thioether (sulfide) groups is 2. The lowest BCUT2D eigenvalue weighted by molar-refractivity contribution is -0.387. The number of benzene rings is 2. The van der Waals surface area contributed by atoms with E-state index in [1.165, 1.54) is 23.9 Å². The summed E-state index contributed by atoms with van der Waals surface area (Å²) in [5.41, 5.74) is 5.50. The molecule has 1 heterocycles. The Kier molecular flexibility index (Phi) is 6.49. The standard InChI is InChI=1S/C18H17N3O6S2/c1-28-16-8-14-13(26-4-5-27-14)7-11(16)20-17(22)9-29-15-3-2-10(18(19)23)6-12(15)21(24)25/h2-3,6-8H,4-5,9H2,1H3,(H2,19,23)(H,20,22). The average Bonchev–Trinajstić information content (AvgIpc) is 2.71. The number of hydrogen-bond donors (Lipinski definition) is 2. The summed E-state index contributed by atoms with van der Waals surface area (Å²) in [6, 6.07) is 7.41. The van der Waals surface area contributed by atoms with Gasteiger partial charge in [-0.1, -0.05) is 0 Å². The highest BCUT2D eigenvalue weighted by molar-refractivity contribution is 8.00. The number of ether oxygens (including phenoxy) is 2. The van der Waals surface area contributed by atoms with Crippen molar-refractivity contribution in [2.45, 2.75) is 9.79 Å². The molecule has 3 N–H and O–H groups in total. The number of fused-ring (bicyclic) bond motifs is 1. The van der Waals surface area contributed by atoms with Crippen LogP contribution in [0.4, 0.5) is 11.4 Å². The first-order valence-corrected chi connectivity index (χ1v) is 10.6. The van der Waals surface area contributed by atoms with E-state index in [0.717, 1.165) is 22.7 Å². The van der Waals surface area contributed by atoms with Crippen LogP contribution in [0.2, 0.25) is 0 Å². The van der Waals surface area contributed by atoms with Crippen molar-refractivity contribution in [2.75, 3.05) is 30.5 Å². The third kappa shape index (κ3) is 4.93. The molecule has 3 rings (SSSR count). The van der Waals surface area contributed by atoms with Crippen LogP contribution in [0.1, 0.15) is 10.4 Å².